The molecule has 2 aliphatic carbocycles. The van der Waals surface area contributed by atoms with Gasteiger partial charge in [-0.3, -0.25) is 0 Å². The van der Waals surface area contributed by atoms with Gasteiger partial charge in [-0.15, -0.1) is 11.3 Å². The van der Waals surface area contributed by atoms with E-state index < -0.39 is 0 Å². The Labute approximate surface area is 387 Å². The lowest BCUT2D eigenvalue weighted by atomic mass is 9.79. The average molecular weight is 862 g/mol. The quantitative estimate of drug-likeness (QED) is 0.175. The van der Waals surface area contributed by atoms with Crippen LogP contribution >= 0.6 is 11.3 Å². The number of para-hydroxylation sites is 2. The number of rotatable bonds is 4. The third-order valence-electron chi connectivity index (χ3n) is 14.9. The first-order valence-corrected chi connectivity index (χ1v) is 24.1. The Kier molecular flexibility index (Phi) is 8.37. The zero-order valence-corrected chi connectivity index (χ0v) is 40.0. The van der Waals surface area contributed by atoms with Gasteiger partial charge in [0.1, 0.15) is 11.2 Å². The lowest BCUT2D eigenvalue weighted by Gasteiger charge is -2.30. The van der Waals surface area contributed by atoms with Crippen molar-refractivity contribution in [1.29, 1.82) is 0 Å². The lowest BCUT2D eigenvalue weighted by Crippen LogP contribution is -2.17. The van der Waals surface area contributed by atoms with Gasteiger partial charge in [0, 0.05) is 64.3 Å². The number of benzene rings is 8. The fourth-order valence-electron chi connectivity index (χ4n) is 11.4. The second kappa shape index (κ2) is 13.6. The minimum atomic E-state index is -0.224. The van der Waals surface area contributed by atoms with Crippen LogP contribution in [0.3, 0.4) is 0 Å². The monoisotopic (exact) mass is 861 g/mol. The fraction of sp³-hybridized carbons (Fsp3) is 0.226. The molecule has 12 rings (SSSR count). The van der Waals surface area contributed by atoms with Gasteiger partial charge in [-0.25, -0.2) is 0 Å². The molecule has 0 atom stereocenters. The molecule has 2 aliphatic rings. The highest BCUT2D eigenvalue weighted by Gasteiger charge is 2.41. The zero-order valence-electron chi connectivity index (χ0n) is 39.2. The maximum atomic E-state index is 6.53. The third-order valence-corrected chi connectivity index (χ3v) is 16.2. The predicted molar refractivity (Wildman–Crippen MR) is 279 cm³/mol. The molecule has 2 nitrogen and oxygen atoms in total. The van der Waals surface area contributed by atoms with Crippen LogP contribution in [-0.2, 0) is 21.7 Å². The van der Waals surface area contributed by atoms with Gasteiger partial charge in [0.25, 0.3) is 0 Å². The van der Waals surface area contributed by atoms with Crippen molar-refractivity contribution in [2.45, 2.75) is 90.9 Å². The van der Waals surface area contributed by atoms with Gasteiger partial charge in [0.2, 0.25) is 0 Å². The van der Waals surface area contributed by atoms with Gasteiger partial charge < -0.3 is 9.32 Å². The van der Waals surface area contributed by atoms with Crippen LogP contribution in [0.25, 0.3) is 75.5 Å². The Hall–Kier alpha value is -6.42. The molecule has 0 saturated heterocycles. The molecule has 0 fully saturated rings. The van der Waals surface area contributed by atoms with Crippen LogP contribution in [0, 0.1) is 0 Å². The van der Waals surface area contributed by atoms with Gasteiger partial charge in [-0.2, -0.15) is 0 Å². The molecule has 10 aromatic rings. The summed E-state index contributed by atoms with van der Waals surface area (Å²) in [6.07, 6.45) is 0. The second-order valence-corrected chi connectivity index (χ2v) is 22.8. The first-order valence-electron chi connectivity index (χ1n) is 23.3. The van der Waals surface area contributed by atoms with E-state index in [1.165, 1.54) is 81.5 Å². The van der Waals surface area contributed by atoms with E-state index in [4.69, 9.17) is 4.42 Å². The third kappa shape index (κ3) is 5.77. The number of hydrogen-bond acceptors (Lipinski definition) is 3. The number of nitrogens with zero attached hydrogens (tertiary/aromatic N) is 1. The number of fused-ring (bicyclic) bond motifs is 13. The molecule has 0 spiro atoms. The van der Waals surface area contributed by atoms with Crippen LogP contribution in [0.2, 0.25) is 0 Å². The molecule has 8 aromatic carbocycles. The van der Waals surface area contributed by atoms with Crippen LogP contribution in [0.5, 0.6) is 0 Å². The minimum absolute atomic E-state index is 0.00956. The smallest absolute Gasteiger partial charge is 0.143 e. The minimum Gasteiger partial charge on any atom is -0.455 e. The summed E-state index contributed by atoms with van der Waals surface area (Å²) >= 11 is 2.01. The van der Waals surface area contributed by atoms with E-state index in [1.54, 1.807) is 0 Å². The molecule has 0 radical (unpaired) electrons. The van der Waals surface area contributed by atoms with Gasteiger partial charge in [-0.1, -0.05) is 178 Å². The van der Waals surface area contributed by atoms with Crippen molar-refractivity contribution in [2.75, 3.05) is 4.90 Å². The summed E-state index contributed by atoms with van der Waals surface area (Å²) in [5, 5.41) is 5.05. The highest BCUT2D eigenvalue weighted by atomic mass is 32.1. The normalized spacial score (nSPS) is 14.9. The molecular weight excluding hydrogens is 807 g/mol. The fourth-order valence-corrected chi connectivity index (χ4v) is 13.2. The first-order chi connectivity index (χ1) is 31.0. The Morgan fingerprint density at radius 2 is 1.14 bits per heavy atom. The molecule has 0 amide bonds. The molecule has 0 N–H and O–H groups in total. The van der Waals surface area contributed by atoms with Crippen LogP contribution in [-0.4, -0.2) is 0 Å². The van der Waals surface area contributed by atoms with Gasteiger partial charge in [0.15, 0.2) is 0 Å². The van der Waals surface area contributed by atoms with E-state index in [9.17, 15) is 0 Å². The number of hydrogen-bond donors (Lipinski definition) is 0. The molecule has 0 unspecified atom stereocenters. The Balaban J connectivity index is 1.08. The van der Waals surface area contributed by atoms with E-state index in [0.29, 0.717) is 0 Å². The van der Waals surface area contributed by atoms with Crippen LogP contribution in [0.1, 0.15) is 103 Å². The SMILES string of the molecule is CC(C)(C)c1cc(C(C)(C)C)c2sc3c4c(ccc3c2c1)-c1c(N(c2ccc(-c3cccc5c3oc3ccccc35)cc2)c2ccc3c(c2)C(C)(C)c2ccccc2-3)cccc1C4(C)C. The van der Waals surface area contributed by atoms with Crippen molar-refractivity contribution >= 4 is 70.5 Å². The zero-order chi connectivity index (χ0) is 44.9. The summed E-state index contributed by atoms with van der Waals surface area (Å²) in [5.74, 6) is 0. The molecule has 2 aromatic heterocycles. The number of anilines is 3. The van der Waals surface area contributed by atoms with Crippen LogP contribution < -0.4 is 4.90 Å². The molecule has 65 heavy (non-hydrogen) atoms. The van der Waals surface area contributed by atoms with Crippen molar-refractivity contribution in [3.8, 4) is 33.4 Å². The second-order valence-electron chi connectivity index (χ2n) is 21.8. The van der Waals surface area contributed by atoms with Gasteiger partial charge >= 0.3 is 0 Å². The topological polar surface area (TPSA) is 16.4 Å². The maximum absolute atomic E-state index is 6.53. The molecule has 0 bridgehead atoms. The van der Waals surface area contributed by atoms with E-state index >= 15 is 0 Å². The largest absolute Gasteiger partial charge is 0.455 e. The highest BCUT2D eigenvalue weighted by molar-refractivity contribution is 7.26. The van der Waals surface area contributed by atoms with Gasteiger partial charge in [0.05, 0.1) is 5.69 Å². The van der Waals surface area contributed by atoms with E-state index in [1.807, 2.05) is 17.4 Å². The van der Waals surface area contributed by atoms with Crippen LogP contribution in [0.15, 0.2) is 156 Å². The highest BCUT2D eigenvalue weighted by Crippen LogP contribution is 2.59. The van der Waals surface area contributed by atoms with E-state index in [-0.39, 0.29) is 21.7 Å². The average Bonchev–Trinajstić information content (AvgIpc) is 3.98. The molecular formula is C62H55NOS. The summed E-state index contributed by atoms with van der Waals surface area (Å²) in [4.78, 5) is 2.53. The summed E-state index contributed by atoms with van der Waals surface area (Å²) < 4.78 is 9.36. The van der Waals surface area contributed by atoms with Crippen LogP contribution in [0.4, 0.5) is 17.1 Å². The lowest BCUT2D eigenvalue weighted by molar-refractivity contribution is 0.573. The predicted octanol–water partition coefficient (Wildman–Crippen LogP) is 18.3. The first kappa shape index (κ1) is 40.1. The number of thiophene rings is 1. The Bertz CT molecular complexity index is 3620. The number of furan rings is 1. The van der Waals surface area contributed by atoms with Gasteiger partial charge in [-0.05, 0) is 109 Å². The summed E-state index contributed by atoms with van der Waals surface area (Å²) in [6.45, 7) is 23.8. The summed E-state index contributed by atoms with van der Waals surface area (Å²) in [5.41, 5.74) is 20.9. The van der Waals surface area contributed by atoms with Crippen molar-refractivity contribution in [2.24, 2.45) is 0 Å². The molecule has 0 aliphatic heterocycles. The van der Waals surface area contributed by atoms with Crippen molar-refractivity contribution in [3.05, 3.63) is 185 Å². The molecule has 2 heterocycles. The van der Waals surface area contributed by atoms with E-state index in [2.05, 4.69) is 220 Å². The maximum Gasteiger partial charge on any atom is 0.143 e. The Morgan fingerprint density at radius 1 is 0.477 bits per heavy atom. The molecule has 3 heteroatoms. The van der Waals surface area contributed by atoms with Crippen molar-refractivity contribution in [1.82, 2.24) is 0 Å². The Morgan fingerprint density at radius 3 is 1.92 bits per heavy atom. The van der Waals surface area contributed by atoms with Crippen molar-refractivity contribution < 1.29 is 4.42 Å². The molecule has 320 valence electrons. The summed E-state index contributed by atoms with van der Waals surface area (Å²) in [6, 6.07) is 57.0. The molecule has 0 saturated carbocycles. The van der Waals surface area contributed by atoms with E-state index in [0.717, 1.165) is 44.4 Å². The van der Waals surface area contributed by atoms with Crippen molar-refractivity contribution in [3.63, 3.8) is 0 Å². The summed E-state index contributed by atoms with van der Waals surface area (Å²) in [7, 11) is 0. The standard InChI is InChI=1S/C62H55NOS/c1-59(2,3)37-33-47-45-31-32-46-54-49(62(9,10)55(46)58(45)65-57(47)51(34-37)60(4,5)6)22-16-23-52(54)63(39-29-30-42-41-17-11-13-21-48(41)61(7,8)50(42)35-39)38-27-25-36(26-28-38)40-19-15-20-44-43-18-12-14-24-53(43)64-56(40)44/h11-35H,1-10H3.